The molecule has 1 aromatic heterocycles. The lowest BCUT2D eigenvalue weighted by Crippen LogP contribution is -2.38. The maximum absolute atomic E-state index is 12.0. The summed E-state index contributed by atoms with van der Waals surface area (Å²) in [5, 5.41) is 13.3. The van der Waals surface area contributed by atoms with Crippen LogP contribution in [0.25, 0.3) is 0 Å². The number of likely N-dealkylation sites (tertiary alicyclic amines) is 1. The smallest absolute Gasteiger partial charge is 0.240 e. The monoisotopic (exact) mass is 316 g/mol. The van der Waals surface area contributed by atoms with E-state index in [0.717, 1.165) is 36.7 Å². The lowest BCUT2D eigenvalue weighted by Gasteiger charge is -2.21. The van der Waals surface area contributed by atoms with E-state index in [-0.39, 0.29) is 18.6 Å². The lowest BCUT2D eigenvalue weighted by molar-refractivity contribution is -0.117. The second kappa shape index (κ2) is 7.92. The molecule has 20 heavy (non-hydrogen) atoms. The zero-order valence-corrected chi connectivity index (χ0v) is 13.2. The molecule has 0 bridgehead atoms. The number of aliphatic hydroxyl groups is 1. The summed E-state index contributed by atoms with van der Waals surface area (Å²) in [5.41, 5.74) is 0. The minimum Gasteiger partial charge on any atom is -0.395 e. The van der Waals surface area contributed by atoms with Gasteiger partial charge in [-0.2, -0.15) is 9.36 Å². The predicted octanol–water partition coefficient (Wildman–Crippen LogP) is 1.44. The lowest BCUT2D eigenvalue weighted by atomic mass is 10.2. The van der Waals surface area contributed by atoms with Crippen LogP contribution in [0.5, 0.6) is 0 Å². The molecule has 1 aliphatic heterocycles. The molecular formula is C12H20N4O2S2. The van der Waals surface area contributed by atoms with Gasteiger partial charge < -0.3 is 5.11 Å². The number of aliphatic hydroxyl groups excluding tert-OH is 1. The molecule has 2 N–H and O–H groups in total. The second-order valence-corrected chi connectivity index (χ2v) is 6.54. The Labute approximate surface area is 127 Å². The summed E-state index contributed by atoms with van der Waals surface area (Å²) >= 11 is 2.81. The van der Waals surface area contributed by atoms with Gasteiger partial charge >= 0.3 is 0 Å². The molecule has 112 valence electrons. The zero-order chi connectivity index (χ0) is 14.4. The first kappa shape index (κ1) is 15.7. The van der Waals surface area contributed by atoms with Gasteiger partial charge in [-0.3, -0.25) is 15.0 Å². The van der Waals surface area contributed by atoms with E-state index in [1.54, 1.807) is 11.8 Å². The number of nitrogens with zero attached hydrogens (tertiary/aromatic N) is 3. The fourth-order valence-corrected chi connectivity index (χ4v) is 3.58. The van der Waals surface area contributed by atoms with Crippen LogP contribution < -0.4 is 5.32 Å². The van der Waals surface area contributed by atoms with Crippen molar-refractivity contribution in [3.63, 3.8) is 0 Å². The highest BCUT2D eigenvalue weighted by atomic mass is 32.2. The van der Waals surface area contributed by atoms with Gasteiger partial charge in [0.2, 0.25) is 16.2 Å². The third-order valence-corrected chi connectivity index (χ3v) is 4.94. The average molecular weight is 316 g/mol. The van der Waals surface area contributed by atoms with Crippen molar-refractivity contribution in [2.45, 2.75) is 37.4 Å². The summed E-state index contributed by atoms with van der Waals surface area (Å²) in [4.78, 5) is 18.2. The molecule has 0 radical (unpaired) electrons. The van der Waals surface area contributed by atoms with Gasteiger partial charge in [-0.15, -0.1) is 0 Å². The summed E-state index contributed by atoms with van der Waals surface area (Å²) in [5.74, 6) is 0.893. The van der Waals surface area contributed by atoms with E-state index < -0.39 is 0 Å². The molecule has 0 saturated carbocycles. The number of hydrogen-bond acceptors (Lipinski definition) is 7. The van der Waals surface area contributed by atoms with E-state index in [1.807, 2.05) is 4.90 Å². The van der Waals surface area contributed by atoms with Gasteiger partial charge in [-0.25, -0.2) is 0 Å². The SMILES string of the molecule is CCCSc1nsc(NC(=O)CN2CCC[C@@H]2CO)n1. The molecule has 1 amide bonds. The highest BCUT2D eigenvalue weighted by Crippen LogP contribution is 2.21. The second-order valence-electron chi connectivity index (χ2n) is 4.73. The van der Waals surface area contributed by atoms with Crippen LogP contribution in [0, 0.1) is 0 Å². The van der Waals surface area contributed by atoms with Gasteiger partial charge in [0.05, 0.1) is 13.2 Å². The van der Waals surface area contributed by atoms with Crippen molar-refractivity contribution in [3.05, 3.63) is 0 Å². The number of hydrogen-bond donors (Lipinski definition) is 2. The first-order valence-corrected chi connectivity index (χ1v) is 8.60. The number of anilines is 1. The fraction of sp³-hybridized carbons (Fsp3) is 0.750. The Morgan fingerprint density at radius 3 is 3.25 bits per heavy atom. The Kier molecular flexibility index (Phi) is 6.21. The summed E-state index contributed by atoms with van der Waals surface area (Å²) in [6.45, 7) is 3.40. The van der Waals surface area contributed by atoms with Crippen LogP contribution in [0.2, 0.25) is 0 Å². The van der Waals surface area contributed by atoms with Crippen molar-refractivity contribution in [3.8, 4) is 0 Å². The summed E-state index contributed by atoms with van der Waals surface area (Å²) in [7, 11) is 0. The molecule has 1 fully saturated rings. The molecule has 0 unspecified atom stereocenters. The van der Waals surface area contributed by atoms with Crippen molar-refractivity contribution in [2.75, 3.05) is 30.8 Å². The number of thioether (sulfide) groups is 1. The summed E-state index contributed by atoms with van der Waals surface area (Å²) in [6, 6.07) is 0.117. The topological polar surface area (TPSA) is 78.4 Å². The first-order valence-electron chi connectivity index (χ1n) is 6.84. The number of aromatic nitrogens is 2. The van der Waals surface area contributed by atoms with Crippen molar-refractivity contribution < 1.29 is 9.90 Å². The maximum atomic E-state index is 12.0. The van der Waals surface area contributed by atoms with Crippen molar-refractivity contribution in [1.82, 2.24) is 14.3 Å². The number of rotatable bonds is 7. The van der Waals surface area contributed by atoms with Gasteiger partial charge in [0.25, 0.3) is 0 Å². The Balaban J connectivity index is 1.80. The van der Waals surface area contributed by atoms with Crippen LogP contribution in [-0.2, 0) is 4.79 Å². The molecule has 2 rings (SSSR count). The molecule has 0 aliphatic carbocycles. The molecular weight excluding hydrogens is 296 g/mol. The standard InChI is InChI=1S/C12H20N4O2S2/c1-2-6-19-12-14-11(20-15-12)13-10(18)7-16-5-3-4-9(16)8-17/h9,17H,2-8H2,1H3,(H,13,14,15,18)/t9-/m1/s1. The average Bonchev–Trinajstić information content (AvgIpc) is 3.05. The molecule has 1 aliphatic rings. The highest BCUT2D eigenvalue weighted by molar-refractivity contribution is 7.99. The van der Waals surface area contributed by atoms with Gasteiger partial charge in [0, 0.05) is 23.3 Å². The van der Waals surface area contributed by atoms with Crippen molar-refractivity contribution in [2.24, 2.45) is 0 Å². The van der Waals surface area contributed by atoms with Gasteiger partial charge in [-0.1, -0.05) is 18.7 Å². The van der Waals surface area contributed by atoms with Crippen LogP contribution in [0.1, 0.15) is 26.2 Å². The van der Waals surface area contributed by atoms with Gasteiger partial charge in [0.1, 0.15) is 0 Å². The third-order valence-electron chi connectivity index (χ3n) is 3.15. The number of nitrogens with one attached hydrogen (secondary N) is 1. The normalized spacial score (nSPS) is 19.4. The first-order chi connectivity index (χ1) is 9.72. The molecule has 2 heterocycles. The molecule has 8 heteroatoms. The molecule has 1 saturated heterocycles. The van der Waals surface area contributed by atoms with E-state index in [1.165, 1.54) is 11.5 Å². The van der Waals surface area contributed by atoms with Crippen LogP contribution in [-0.4, -0.2) is 56.8 Å². The van der Waals surface area contributed by atoms with E-state index in [0.29, 0.717) is 11.7 Å². The van der Waals surface area contributed by atoms with Crippen LogP contribution in [0.15, 0.2) is 5.16 Å². The van der Waals surface area contributed by atoms with E-state index in [4.69, 9.17) is 0 Å². The predicted molar refractivity (Wildman–Crippen MR) is 81.2 cm³/mol. The Hall–Kier alpha value is -0.700. The van der Waals surface area contributed by atoms with Gasteiger partial charge in [-0.05, 0) is 25.8 Å². The molecule has 1 atom stereocenters. The molecule has 6 nitrogen and oxygen atoms in total. The number of carbonyl (C=O) groups excluding carboxylic acids is 1. The van der Waals surface area contributed by atoms with Crippen LogP contribution in [0.3, 0.4) is 0 Å². The largest absolute Gasteiger partial charge is 0.395 e. The zero-order valence-electron chi connectivity index (χ0n) is 11.5. The summed E-state index contributed by atoms with van der Waals surface area (Å²) < 4.78 is 4.19. The molecule has 1 aromatic rings. The van der Waals surface area contributed by atoms with Crippen molar-refractivity contribution in [1.29, 1.82) is 0 Å². The van der Waals surface area contributed by atoms with E-state index >= 15 is 0 Å². The van der Waals surface area contributed by atoms with E-state index in [2.05, 4.69) is 21.6 Å². The van der Waals surface area contributed by atoms with E-state index in [9.17, 15) is 9.90 Å². The Morgan fingerprint density at radius 1 is 1.65 bits per heavy atom. The third kappa shape index (κ3) is 4.41. The molecule has 0 aromatic carbocycles. The summed E-state index contributed by atoms with van der Waals surface area (Å²) in [6.07, 6.45) is 3.07. The quantitative estimate of drug-likeness (QED) is 0.741. The van der Waals surface area contributed by atoms with Crippen LogP contribution >= 0.6 is 23.3 Å². The fourth-order valence-electron chi connectivity index (χ4n) is 2.17. The highest BCUT2D eigenvalue weighted by Gasteiger charge is 2.25. The minimum atomic E-state index is -0.0893. The minimum absolute atomic E-state index is 0.0893. The Morgan fingerprint density at radius 2 is 2.50 bits per heavy atom. The van der Waals surface area contributed by atoms with Gasteiger partial charge in [0.15, 0.2) is 0 Å². The Bertz CT molecular complexity index is 441. The molecule has 0 spiro atoms. The maximum Gasteiger partial charge on any atom is 0.240 e. The number of carbonyl (C=O) groups is 1. The number of amides is 1. The van der Waals surface area contributed by atoms with Crippen molar-refractivity contribution >= 4 is 34.3 Å². The van der Waals surface area contributed by atoms with Crippen LogP contribution in [0.4, 0.5) is 5.13 Å².